The van der Waals surface area contributed by atoms with Crippen molar-refractivity contribution in [3.63, 3.8) is 0 Å². The van der Waals surface area contributed by atoms with Crippen LogP contribution in [0.15, 0.2) is 23.8 Å². The first-order chi connectivity index (χ1) is 6.93. The van der Waals surface area contributed by atoms with Crippen molar-refractivity contribution in [1.29, 1.82) is 0 Å². The molecule has 0 spiro atoms. The highest BCUT2D eigenvalue weighted by Gasteiger charge is 1.98. The lowest BCUT2D eigenvalue weighted by atomic mass is 9.99. The van der Waals surface area contributed by atoms with Crippen LogP contribution in [0.2, 0.25) is 0 Å². The lowest BCUT2D eigenvalue weighted by Gasteiger charge is -2.07. The Kier molecular flexibility index (Phi) is 6.42. The van der Waals surface area contributed by atoms with E-state index < -0.39 is 0 Å². The molecule has 0 fully saturated rings. The molecule has 0 aliphatic heterocycles. The van der Waals surface area contributed by atoms with E-state index >= 15 is 0 Å². The Morgan fingerprint density at radius 2 is 2.14 bits per heavy atom. The molecule has 0 saturated carbocycles. The summed E-state index contributed by atoms with van der Waals surface area (Å²) in [5.74, 6) is 0. The van der Waals surface area contributed by atoms with Crippen LogP contribution in [-0.4, -0.2) is 13.6 Å². The molecular weight excluding hydrogens is 170 g/mol. The fourth-order valence-electron chi connectivity index (χ4n) is 1.83. The van der Waals surface area contributed by atoms with Crippen molar-refractivity contribution in [2.75, 3.05) is 13.6 Å². The minimum absolute atomic E-state index is 1.09. The van der Waals surface area contributed by atoms with Gasteiger partial charge in [-0.05, 0) is 45.7 Å². The van der Waals surface area contributed by atoms with Crippen molar-refractivity contribution in [3.8, 4) is 0 Å². The van der Waals surface area contributed by atoms with Gasteiger partial charge in [0, 0.05) is 0 Å². The highest BCUT2D eigenvalue weighted by molar-refractivity contribution is 5.18. The van der Waals surface area contributed by atoms with E-state index in [1.165, 1.54) is 38.5 Å². The Morgan fingerprint density at radius 1 is 1.29 bits per heavy atom. The molecule has 1 heteroatoms. The maximum absolute atomic E-state index is 3.16. The summed E-state index contributed by atoms with van der Waals surface area (Å²) in [6.45, 7) is 1.09. The fraction of sp³-hybridized carbons (Fsp3) is 0.692. The van der Waals surface area contributed by atoms with Crippen LogP contribution in [0.1, 0.15) is 44.9 Å². The number of hydrogen-bond acceptors (Lipinski definition) is 1. The average Bonchev–Trinajstić information content (AvgIpc) is 2.15. The first-order valence-electron chi connectivity index (χ1n) is 5.93. The molecule has 0 amide bonds. The minimum Gasteiger partial charge on any atom is -0.319 e. The van der Waals surface area contributed by atoms with Crippen molar-refractivity contribution in [1.82, 2.24) is 5.32 Å². The van der Waals surface area contributed by atoms with Crippen molar-refractivity contribution >= 4 is 0 Å². The summed E-state index contributed by atoms with van der Waals surface area (Å²) in [7, 11) is 2.00. The lowest BCUT2D eigenvalue weighted by Crippen LogP contribution is -2.05. The molecule has 0 saturated heterocycles. The maximum Gasteiger partial charge on any atom is -0.00172 e. The van der Waals surface area contributed by atoms with Gasteiger partial charge in [0.15, 0.2) is 0 Å². The second-order valence-corrected chi connectivity index (χ2v) is 4.03. The molecule has 0 heterocycles. The Hall–Kier alpha value is -0.560. The van der Waals surface area contributed by atoms with Crippen LogP contribution >= 0.6 is 0 Å². The normalized spacial score (nSPS) is 19.1. The predicted molar refractivity (Wildman–Crippen MR) is 63.5 cm³/mol. The third kappa shape index (κ3) is 5.23. The molecule has 0 unspecified atom stereocenters. The SMILES string of the molecule is CNCC/C=C/C1=CCCCCCC1. The lowest BCUT2D eigenvalue weighted by molar-refractivity contribution is 0.629. The van der Waals surface area contributed by atoms with Crippen LogP contribution < -0.4 is 5.32 Å². The smallest absolute Gasteiger partial charge is 0.00172 e. The molecule has 1 aliphatic rings. The Morgan fingerprint density at radius 3 is 3.00 bits per heavy atom. The topological polar surface area (TPSA) is 12.0 Å². The fourth-order valence-corrected chi connectivity index (χ4v) is 1.83. The summed E-state index contributed by atoms with van der Waals surface area (Å²) < 4.78 is 0. The molecular formula is C13H23N. The Balaban J connectivity index is 2.28. The second-order valence-electron chi connectivity index (χ2n) is 4.03. The molecule has 14 heavy (non-hydrogen) atoms. The van der Waals surface area contributed by atoms with Crippen LogP contribution in [0.5, 0.6) is 0 Å². The van der Waals surface area contributed by atoms with Crippen molar-refractivity contribution in [2.24, 2.45) is 0 Å². The third-order valence-corrected chi connectivity index (χ3v) is 2.72. The zero-order valence-corrected chi connectivity index (χ0v) is 9.39. The minimum atomic E-state index is 1.09. The average molecular weight is 193 g/mol. The van der Waals surface area contributed by atoms with Gasteiger partial charge < -0.3 is 5.32 Å². The van der Waals surface area contributed by atoms with Crippen LogP contribution in [0.3, 0.4) is 0 Å². The van der Waals surface area contributed by atoms with Gasteiger partial charge in [0.2, 0.25) is 0 Å². The molecule has 0 aromatic heterocycles. The summed E-state index contributed by atoms with van der Waals surface area (Å²) in [4.78, 5) is 0. The van der Waals surface area contributed by atoms with Crippen LogP contribution in [0, 0.1) is 0 Å². The van der Waals surface area contributed by atoms with Gasteiger partial charge in [-0.3, -0.25) is 0 Å². The van der Waals surface area contributed by atoms with Crippen LogP contribution in [-0.2, 0) is 0 Å². The highest BCUT2D eigenvalue weighted by Crippen LogP contribution is 2.17. The van der Waals surface area contributed by atoms with Gasteiger partial charge in [-0.15, -0.1) is 0 Å². The van der Waals surface area contributed by atoms with E-state index in [1.807, 2.05) is 7.05 Å². The van der Waals surface area contributed by atoms with Gasteiger partial charge in [-0.2, -0.15) is 0 Å². The van der Waals surface area contributed by atoms with E-state index in [4.69, 9.17) is 0 Å². The zero-order chi connectivity index (χ0) is 10.1. The van der Waals surface area contributed by atoms with E-state index in [0.717, 1.165) is 13.0 Å². The molecule has 1 N–H and O–H groups in total. The predicted octanol–water partition coefficient (Wildman–Crippen LogP) is 3.43. The quantitative estimate of drug-likeness (QED) is 0.674. The first-order valence-corrected chi connectivity index (χ1v) is 5.93. The number of rotatable bonds is 4. The number of hydrogen-bond donors (Lipinski definition) is 1. The van der Waals surface area contributed by atoms with Gasteiger partial charge >= 0.3 is 0 Å². The van der Waals surface area contributed by atoms with Gasteiger partial charge in [0.25, 0.3) is 0 Å². The molecule has 0 radical (unpaired) electrons. The Bertz CT molecular complexity index is 191. The van der Waals surface area contributed by atoms with Crippen molar-refractivity contribution in [2.45, 2.75) is 44.9 Å². The van der Waals surface area contributed by atoms with Gasteiger partial charge in [-0.1, -0.05) is 36.6 Å². The first kappa shape index (κ1) is 11.5. The molecule has 1 nitrogen and oxygen atoms in total. The van der Waals surface area contributed by atoms with Crippen LogP contribution in [0.25, 0.3) is 0 Å². The molecule has 0 bridgehead atoms. The standard InChI is InChI=1S/C13H23N/c1-14-12-8-7-11-13-9-5-3-2-4-6-10-13/h7,9,11,14H,2-6,8,10,12H2,1H3/b11-7+,13-9?. The van der Waals surface area contributed by atoms with Crippen LogP contribution in [0.4, 0.5) is 0 Å². The zero-order valence-electron chi connectivity index (χ0n) is 9.39. The van der Waals surface area contributed by atoms with E-state index in [1.54, 1.807) is 5.57 Å². The molecule has 1 aliphatic carbocycles. The molecule has 80 valence electrons. The van der Waals surface area contributed by atoms with Crippen molar-refractivity contribution in [3.05, 3.63) is 23.8 Å². The Labute approximate surface area is 88.3 Å². The summed E-state index contributed by atoms with van der Waals surface area (Å²) in [6, 6.07) is 0. The highest BCUT2D eigenvalue weighted by atomic mass is 14.8. The van der Waals surface area contributed by atoms with E-state index in [-0.39, 0.29) is 0 Å². The van der Waals surface area contributed by atoms with Crippen molar-refractivity contribution < 1.29 is 0 Å². The molecule has 0 atom stereocenters. The molecule has 1 rings (SSSR count). The van der Waals surface area contributed by atoms with Gasteiger partial charge in [0.05, 0.1) is 0 Å². The van der Waals surface area contributed by atoms with E-state index in [2.05, 4.69) is 23.5 Å². The monoisotopic (exact) mass is 193 g/mol. The number of allylic oxidation sites excluding steroid dienone is 3. The third-order valence-electron chi connectivity index (χ3n) is 2.72. The summed E-state index contributed by atoms with van der Waals surface area (Å²) in [5.41, 5.74) is 1.56. The number of nitrogens with one attached hydrogen (secondary N) is 1. The summed E-state index contributed by atoms with van der Waals surface area (Å²) in [6.07, 6.45) is 16.4. The van der Waals surface area contributed by atoms with E-state index in [9.17, 15) is 0 Å². The largest absolute Gasteiger partial charge is 0.319 e. The second kappa shape index (κ2) is 7.81. The molecule has 0 aromatic carbocycles. The van der Waals surface area contributed by atoms with Gasteiger partial charge in [0.1, 0.15) is 0 Å². The van der Waals surface area contributed by atoms with E-state index in [0.29, 0.717) is 0 Å². The summed E-state index contributed by atoms with van der Waals surface area (Å²) in [5, 5.41) is 3.16. The van der Waals surface area contributed by atoms with Gasteiger partial charge in [-0.25, -0.2) is 0 Å². The summed E-state index contributed by atoms with van der Waals surface area (Å²) >= 11 is 0. The molecule has 0 aromatic rings. The maximum atomic E-state index is 3.16.